The Kier molecular flexibility index (Phi) is 8.33. The predicted molar refractivity (Wildman–Crippen MR) is 150 cm³/mol. The van der Waals surface area contributed by atoms with Crippen LogP contribution in [0.3, 0.4) is 0 Å². The number of carbonyl (C=O) groups is 1. The van der Waals surface area contributed by atoms with E-state index in [1.54, 1.807) is 12.1 Å². The minimum absolute atomic E-state index is 0.0190. The van der Waals surface area contributed by atoms with E-state index in [4.69, 9.17) is 18.6 Å². The average molecular weight is 612 g/mol. The van der Waals surface area contributed by atoms with Gasteiger partial charge in [-0.05, 0) is 23.8 Å². The van der Waals surface area contributed by atoms with Crippen molar-refractivity contribution in [2.75, 3.05) is 6.61 Å². The highest BCUT2D eigenvalue weighted by Gasteiger charge is 2.46. The molecule has 44 heavy (non-hydrogen) atoms. The molecule has 1 saturated heterocycles. The first-order chi connectivity index (χ1) is 20.9. The molecular weight excluding hydrogens is 584 g/mol. The van der Waals surface area contributed by atoms with Crippen LogP contribution in [0.4, 0.5) is 0 Å². The molecule has 0 radical (unpaired) electrons. The standard InChI is InChI=1S/C30H26O14/c31-15-4-1-13(2-5-15)3-6-24(36)41-12-23-26(38)27(39)28(40)30(44-23)43-22-11-17-18(33)9-16(32)10-21(17)42-29(22)14-7-19(34)25(37)20(35)8-14/h1-11,23,26-28,30,38-40H,12H2,(H5-,31,32,33,34,35,36,37)/p+1/t23-,26-,27+,28-,30?/m1/s1. The van der Waals surface area contributed by atoms with Crippen molar-refractivity contribution in [1.82, 2.24) is 0 Å². The molecule has 0 amide bonds. The van der Waals surface area contributed by atoms with Crippen molar-refractivity contribution in [3.8, 4) is 51.6 Å². The lowest BCUT2D eigenvalue weighted by atomic mass is 9.99. The van der Waals surface area contributed by atoms with Crippen LogP contribution in [0.2, 0.25) is 0 Å². The summed E-state index contributed by atoms with van der Waals surface area (Å²) >= 11 is 0. The topological polar surface area (TPSA) is 238 Å². The number of carbonyl (C=O) groups excluding carboxylic acids is 1. The van der Waals surface area contributed by atoms with Crippen LogP contribution in [0.15, 0.2) is 65.1 Å². The number of ether oxygens (including phenoxy) is 3. The SMILES string of the molecule is O=C(/C=C/c1ccc(O)cc1)OC[C@H]1OC(Oc2cc3c(O)cc(O)cc3[o+]c2-c2cc(O)c(O)c(O)c2)[C@H](O)[C@@H](O)[C@@H]1O. The van der Waals surface area contributed by atoms with Gasteiger partial charge in [-0.3, -0.25) is 0 Å². The normalized spacial score (nSPS) is 21.8. The molecule has 0 spiro atoms. The summed E-state index contributed by atoms with van der Waals surface area (Å²) in [6.07, 6.45) is -6.01. The Bertz CT molecular complexity index is 1690. The highest BCUT2D eigenvalue weighted by atomic mass is 16.7. The maximum atomic E-state index is 12.3. The number of phenols is 6. The summed E-state index contributed by atoms with van der Waals surface area (Å²) in [6.45, 7) is -0.571. The van der Waals surface area contributed by atoms with E-state index in [9.17, 15) is 50.8 Å². The first-order valence-electron chi connectivity index (χ1n) is 13.0. The first-order valence-corrected chi connectivity index (χ1v) is 13.0. The van der Waals surface area contributed by atoms with Crippen molar-refractivity contribution in [2.45, 2.75) is 30.7 Å². The molecule has 1 aliphatic heterocycles. The Balaban J connectivity index is 1.41. The van der Waals surface area contributed by atoms with Crippen molar-refractivity contribution >= 4 is 23.0 Å². The van der Waals surface area contributed by atoms with Gasteiger partial charge in [-0.25, -0.2) is 9.21 Å². The average Bonchev–Trinajstić information content (AvgIpc) is 2.98. The van der Waals surface area contributed by atoms with E-state index < -0.39 is 66.3 Å². The van der Waals surface area contributed by atoms with Gasteiger partial charge in [-0.2, -0.15) is 0 Å². The summed E-state index contributed by atoms with van der Waals surface area (Å²) < 4.78 is 22.4. The van der Waals surface area contributed by atoms with Crippen LogP contribution in [-0.4, -0.2) is 89.2 Å². The smallest absolute Gasteiger partial charge is 0.402 e. The molecule has 5 rings (SSSR count). The molecule has 1 unspecified atom stereocenters. The number of esters is 1. The first kappa shape index (κ1) is 30.2. The Morgan fingerprint density at radius 2 is 1.50 bits per heavy atom. The van der Waals surface area contributed by atoms with Gasteiger partial charge in [-0.15, -0.1) is 0 Å². The van der Waals surface area contributed by atoms with E-state index in [0.717, 1.165) is 30.3 Å². The number of aliphatic hydroxyl groups excluding tert-OH is 3. The number of hydrogen-bond acceptors (Lipinski definition) is 13. The maximum absolute atomic E-state index is 12.3. The molecule has 14 nitrogen and oxygen atoms in total. The predicted octanol–water partition coefficient (Wildman–Crippen LogP) is 2.06. The Morgan fingerprint density at radius 3 is 2.18 bits per heavy atom. The van der Waals surface area contributed by atoms with Gasteiger partial charge in [0.05, 0.1) is 11.6 Å². The van der Waals surface area contributed by atoms with Crippen LogP contribution in [-0.2, 0) is 14.3 Å². The van der Waals surface area contributed by atoms with Crippen LogP contribution in [0.5, 0.6) is 40.2 Å². The highest BCUT2D eigenvalue weighted by molar-refractivity contribution is 5.89. The lowest BCUT2D eigenvalue weighted by Gasteiger charge is -2.39. The third kappa shape index (κ3) is 6.23. The van der Waals surface area contributed by atoms with E-state index in [2.05, 4.69) is 0 Å². The van der Waals surface area contributed by atoms with Crippen molar-refractivity contribution < 1.29 is 69.4 Å². The number of rotatable bonds is 7. The molecule has 0 aliphatic carbocycles. The van der Waals surface area contributed by atoms with Gasteiger partial charge >= 0.3 is 17.3 Å². The van der Waals surface area contributed by atoms with Crippen molar-refractivity contribution in [3.05, 3.63) is 66.2 Å². The van der Waals surface area contributed by atoms with E-state index in [1.165, 1.54) is 24.3 Å². The van der Waals surface area contributed by atoms with Gasteiger partial charge < -0.3 is 60.2 Å². The van der Waals surface area contributed by atoms with E-state index in [1.807, 2.05) is 0 Å². The molecule has 9 N–H and O–H groups in total. The molecule has 3 aromatic carbocycles. The van der Waals surface area contributed by atoms with Gasteiger partial charge in [0.15, 0.2) is 17.2 Å². The van der Waals surface area contributed by atoms with Crippen LogP contribution in [0.1, 0.15) is 5.56 Å². The molecule has 1 aromatic heterocycles. The maximum Gasteiger partial charge on any atom is 0.402 e. The molecule has 14 heteroatoms. The summed E-state index contributed by atoms with van der Waals surface area (Å²) in [7, 11) is 0. The Labute approximate surface area is 247 Å². The molecule has 0 bridgehead atoms. The third-order valence-electron chi connectivity index (χ3n) is 6.75. The number of aromatic hydroxyl groups is 6. The zero-order valence-corrected chi connectivity index (χ0v) is 22.5. The zero-order valence-electron chi connectivity index (χ0n) is 22.5. The van der Waals surface area contributed by atoms with E-state index >= 15 is 0 Å². The van der Waals surface area contributed by atoms with Crippen molar-refractivity contribution in [1.29, 1.82) is 0 Å². The molecule has 1 aliphatic rings. The number of aliphatic hydroxyl groups is 3. The van der Waals surface area contributed by atoms with Crippen molar-refractivity contribution in [2.24, 2.45) is 0 Å². The number of fused-ring (bicyclic) bond motifs is 1. The van der Waals surface area contributed by atoms with Gasteiger partial charge in [0.25, 0.3) is 0 Å². The fourth-order valence-corrected chi connectivity index (χ4v) is 4.45. The fourth-order valence-electron chi connectivity index (χ4n) is 4.45. The van der Waals surface area contributed by atoms with Crippen molar-refractivity contribution in [3.63, 3.8) is 0 Å². The molecule has 230 valence electrons. The fraction of sp³-hybridized carbons (Fsp3) is 0.200. The van der Waals surface area contributed by atoms with Gasteiger partial charge in [0, 0.05) is 30.3 Å². The second-order valence-electron chi connectivity index (χ2n) is 9.87. The third-order valence-corrected chi connectivity index (χ3v) is 6.75. The molecule has 1 fully saturated rings. The lowest BCUT2D eigenvalue weighted by molar-refractivity contribution is -0.278. The molecule has 5 atom stereocenters. The van der Waals surface area contributed by atoms with Crippen LogP contribution >= 0.6 is 0 Å². The van der Waals surface area contributed by atoms with Crippen LogP contribution < -0.4 is 4.74 Å². The molecule has 4 aromatic rings. The summed E-state index contributed by atoms with van der Waals surface area (Å²) in [5.74, 6) is -4.35. The largest absolute Gasteiger partial charge is 0.508 e. The van der Waals surface area contributed by atoms with Crippen LogP contribution in [0, 0.1) is 0 Å². The Morgan fingerprint density at radius 1 is 0.818 bits per heavy atom. The molecular formula is C30H27O14+. The summed E-state index contributed by atoms with van der Waals surface area (Å²) in [5.41, 5.74) is 0.464. The second kappa shape index (κ2) is 12.1. The highest BCUT2D eigenvalue weighted by Crippen LogP contribution is 2.44. The van der Waals surface area contributed by atoms with E-state index in [0.29, 0.717) is 5.56 Å². The van der Waals surface area contributed by atoms with Gasteiger partial charge in [0.2, 0.25) is 12.0 Å². The number of phenolic OH excluding ortho intramolecular Hbond substituents is 6. The minimum atomic E-state index is -1.86. The van der Waals surface area contributed by atoms with Gasteiger partial charge in [-0.1, -0.05) is 12.1 Å². The van der Waals surface area contributed by atoms with Gasteiger partial charge in [0.1, 0.15) is 53.7 Å². The zero-order chi connectivity index (χ0) is 31.7. The number of benzene rings is 3. The summed E-state index contributed by atoms with van der Waals surface area (Å²) in [6, 6.07) is 11.4. The van der Waals surface area contributed by atoms with E-state index in [-0.39, 0.29) is 39.5 Å². The molecule has 0 saturated carbocycles. The number of hydrogen-bond donors (Lipinski definition) is 9. The quantitative estimate of drug-likeness (QED) is 0.0629. The summed E-state index contributed by atoms with van der Waals surface area (Å²) in [4.78, 5) is 12.3. The van der Waals surface area contributed by atoms with Crippen LogP contribution in [0.25, 0.3) is 28.4 Å². The monoisotopic (exact) mass is 611 g/mol. The second-order valence-corrected chi connectivity index (χ2v) is 9.87. The minimum Gasteiger partial charge on any atom is -0.508 e. The molecule has 2 heterocycles. The lowest BCUT2D eigenvalue weighted by Crippen LogP contribution is -2.60. The summed E-state index contributed by atoms with van der Waals surface area (Å²) in [5, 5.41) is 91.2. The Hall–Kier alpha value is -5.28.